The molecule has 1 N–H and O–H groups in total. The number of halogens is 2. The predicted molar refractivity (Wildman–Crippen MR) is 134 cm³/mol. The molecule has 2 heterocycles. The molecule has 0 aliphatic carbocycles. The lowest BCUT2D eigenvalue weighted by atomic mass is 9.98. The van der Waals surface area contributed by atoms with Gasteiger partial charge in [-0.1, -0.05) is 23.2 Å². The number of benzene rings is 1. The number of ether oxygens (including phenoxy) is 1. The monoisotopic (exact) mass is 526 g/mol. The van der Waals surface area contributed by atoms with Gasteiger partial charge in [-0.05, 0) is 51.8 Å². The van der Waals surface area contributed by atoms with Crippen LogP contribution in [0, 0.1) is 5.92 Å². The molecule has 1 unspecified atom stereocenters. The molecule has 3 rings (SSSR count). The Kier molecular flexibility index (Phi) is 9.16. The zero-order valence-electron chi connectivity index (χ0n) is 19.3. The van der Waals surface area contributed by atoms with E-state index in [9.17, 15) is 14.4 Å². The van der Waals surface area contributed by atoms with Crippen LogP contribution in [0.2, 0.25) is 10.0 Å². The molecule has 34 heavy (non-hydrogen) atoms. The van der Waals surface area contributed by atoms with Crippen molar-refractivity contribution in [1.29, 1.82) is 0 Å². The lowest BCUT2D eigenvalue weighted by Gasteiger charge is -2.31. The van der Waals surface area contributed by atoms with Crippen molar-refractivity contribution in [2.45, 2.75) is 46.2 Å². The minimum absolute atomic E-state index is 0.113. The molecular formula is C23H28Cl2N4O4S. The van der Waals surface area contributed by atoms with E-state index in [2.05, 4.69) is 10.3 Å². The highest BCUT2D eigenvalue weighted by Crippen LogP contribution is 2.26. The maximum atomic E-state index is 13.0. The number of nitrogens with zero attached hydrogens (tertiary/aromatic N) is 3. The SMILES string of the molecule is CCOC(=O)C1CCCN(C(=O)c2csc(CN(C(=O)Nc3ccc(Cl)c(Cl)c3)C(C)C)n2)C1. The molecule has 1 aromatic carbocycles. The predicted octanol–water partition coefficient (Wildman–Crippen LogP) is 5.31. The van der Waals surface area contributed by atoms with Gasteiger partial charge in [0.15, 0.2) is 0 Å². The van der Waals surface area contributed by atoms with E-state index in [-0.39, 0.29) is 36.4 Å². The first-order valence-electron chi connectivity index (χ1n) is 11.1. The zero-order chi connectivity index (χ0) is 24.8. The molecule has 1 atom stereocenters. The Labute approximate surface area is 213 Å². The molecule has 11 heteroatoms. The van der Waals surface area contributed by atoms with Crippen molar-refractivity contribution in [1.82, 2.24) is 14.8 Å². The summed E-state index contributed by atoms with van der Waals surface area (Å²) in [5.41, 5.74) is 0.847. The van der Waals surface area contributed by atoms with Crippen LogP contribution in [0.5, 0.6) is 0 Å². The first-order chi connectivity index (χ1) is 16.2. The first kappa shape index (κ1) is 26.2. The maximum absolute atomic E-state index is 13.0. The minimum atomic E-state index is -0.315. The van der Waals surface area contributed by atoms with E-state index >= 15 is 0 Å². The average Bonchev–Trinajstić information content (AvgIpc) is 3.28. The molecule has 8 nitrogen and oxygen atoms in total. The molecule has 1 aliphatic rings. The van der Waals surface area contributed by atoms with Crippen LogP contribution < -0.4 is 5.32 Å². The van der Waals surface area contributed by atoms with Gasteiger partial charge in [-0.15, -0.1) is 11.3 Å². The Morgan fingerprint density at radius 3 is 2.74 bits per heavy atom. The van der Waals surface area contributed by atoms with E-state index in [1.807, 2.05) is 13.8 Å². The largest absolute Gasteiger partial charge is 0.466 e. The van der Waals surface area contributed by atoms with Gasteiger partial charge in [0, 0.05) is 30.2 Å². The van der Waals surface area contributed by atoms with Crippen LogP contribution in [0.1, 0.15) is 49.1 Å². The van der Waals surface area contributed by atoms with Crippen molar-refractivity contribution in [2.75, 3.05) is 25.0 Å². The maximum Gasteiger partial charge on any atom is 0.322 e. The normalized spacial score (nSPS) is 15.8. The van der Waals surface area contributed by atoms with Crippen LogP contribution in [0.4, 0.5) is 10.5 Å². The van der Waals surface area contributed by atoms with Gasteiger partial charge in [0.05, 0.1) is 29.1 Å². The molecule has 1 fully saturated rings. The third-order valence-electron chi connectivity index (χ3n) is 5.46. The van der Waals surface area contributed by atoms with Gasteiger partial charge in [-0.2, -0.15) is 0 Å². The second kappa shape index (κ2) is 11.9. The van der Waals surface area contributed by atoms with E-state index < -0.39 is 0 Å². The number of nitrogens with one attached hydrogen (secondary N) is 1. The van der Waals surface area contributed by atoms with Crippen molar-refractivity contribution in [3.05, 3.63) is 44.3 Å². The Bertz CT molecular complexity index is 1050. The number of rotatable bonds is 7. The fourth-order valence-corrected chi connectivity index (χ4v) is 4.73. The molecule has 0 saturated carbocycles. The lowest BCUT2D eigenvalue weighted by molar-refractivity contribution is -0.149. The average molecular weight is 527 g/mol. The molecule has 0 radical (unpaired) electrons. The number of amides is 3. The molecule has 0 bridgehead atoms. The number of hydrogen-bond acceptors (Lipinski definition) is 6. The summed E-state index contributed by atoms with van der Waals surface area (Å²) in [6.07, 6.45) is 1.45. The Hall–Kier alpha value is -2.36. The van der Waals surface area contributed by atoms with E-state index in [1.165, 1.54) is 11.3 Å². The lowest BCUT2D eigenvalue weighted by Crippen LogP contribution is -2.43. The number of thiazole rings is 1. The molecule has 1 aliphatic heterocycles. The van der Waals surface area contributed by atoms with E-state index in [0.29, 0.717) is 52.6 Å². The highest BCUT2D eigenvalue weighted by molar-refractivity contribution is 7.09. The summed E-state index contributed by atoms with van der Waals surface area (Å²) in [5, 5.41) is 5.91. The summed E-state index contributed by atoms with van der Waals surface area (Å²) in [7, 11) is 0. The Morgan fingerprint density at radius 2 is 2.06 bits per heavy atom. The number of anilines is 1. The number of likely N-dealkylation sites (tertiary alicyclic amines) is 1. The van der Waals surface area contributed by atoms with Gasteiger partial charge in [-0.3, -0.25) is 9.59 Å². The van der Waals surface area contributed by atoms with Gasteiger partial charge in [0.1, 0.15) is 10.7 Å². The fraction of sp³-hybridized carbons (Fsp3) is 0.478. The standard InChI is InChI=1S/C23H28Cl2N4O4S/c1-4-33-22(31)15-6-5-9-28(11-15)21(30)19-13-34-20(27-19)12-29(14(2)3)23(32)26-16-7-8-17(24)18(25)10-16/h7-8,10,13-15H,4-6,9,11-12H2,1-3H3,(H,26,32). The summed E-state index contributed by atoms with van der Waals surface area (Å²) in [4.78, 5) is 45.7. The highest BCUT2D eigenvalue weighted by atomic mass is 35.5. The number of piperidine rings is 1. The van der Waals surface area contributed by atoms with Gasteiger partial charge in [0.2, 0.25) is 0 Å². The van der Waals surface area contributed by atoms with Crippen LogP contribution in [0.3, 0.4) is 0 Å². The summed E-state index contributed by atoms with van der Waals surface area (Å²) in [6.45, 7) is 7.04. The Morgan fingerprint density at radius 1 is 1.29 bits per heavy atom. The van der Waals surface area contributed by atoms with E-state index in [0.717, 1.165) is 6.42 Å². The summed E-state index contributed by atoms with van der Waals surface area (Å²) < 4.78 is 5.11. The second-order valence-corrected chi connectivity index (χ2v) is 10.0. The quantitative estimate of drug-likeness (QED) is 0.493. The molecule has 184 valence electrons. The van der Waals surface area contributed by atoms with E-state index in [1.54, 1.807) is 40.3 Å². The van der Waals surface area contributed by atoms with Crippen LogP contribution >= 0.6 is 34.5 Å². The first-order valence-corrected chi connectivity index (χ1v) is 12.8. The molecular weight excluding hydrogens is 499 g/mol. The van der Waals surface area contributed by atoms with Crippen LogP contribution in [-0.2, 0) is 16.1 Å². The van der Waals surface area contributed by atoms with E-state index in [4.69, 9.17) is 27.9 Å². The van der Waals surface area contributed by atoms with Gasteiger partial charge >= 0.3 is 12.0 Å². The van der Waals surface area contributed by atoms with Crippen molar-refractivity contribution in [3.8, 4) is 0 Å². The van der Waals surface area contributed by atoms with Crippen LogP contribution in [0.15, 0.2) is 23.6 Å². The molecule has 2 aromatic rings. The minimum Gasteiger partial charge on any atom is -0.466 e. The highest BCUT2D eigenvalue weighted by Gasteiger charge is 2.31. The third-order valence-corrected chi connectivity index (χ3v) is 7.03. The van der Waals surface area contributed by atoms with Crippen LogP contribution in [-0.4, -0.2) is 58.4 Å². The number of aromatic nitrogens is 1. The number of carbonyl (C=O) groups excluding carboxylic acids is 3. The third kappa shape index (κ3) is 6.61. The van der Waals surface area contributed by atoms with Gasteiger partial charge < -0.3 is 19.9 Å². The van der Waals surface area contributed by atoms with Gasteiger partial charge in [0.25, 0.3) is 5.91 Å². The summed E-state index contributed by atoms with van der Waals surface area (Å²) in [6, 6.07) is 4.45. The van der Waals surface area contributed by atoms with Gasteiger partial charge in [-0.25, -0.2) is 9.78 Å². The topological polar surface area (TPSA) is 91.8 Å². The van der Waals surface area contributed by atoms with Crippen molar-refractivity contribution < 1.29 is 19.1 Å². The van der Waals surface area contributed by atoms with Crippen molar-refractivity contribution in [3.63, 3.8) is 0 Å². The van der Waals surface area contributed by atoms with Crippen molar-refractivity contribution >= 4 is 58.1 Å². The second-order valence-electron chi connectivity index (χ2n) is 8.25. The number of urea groups is 1. The number of hydrogen-bond donors (Lipinski definition) is 1. The number of carbonyl (C=O) groups is 3. The molecule has 1 aromatic heterocycles. The van der Waals surface area contributed by atoms with Crippen molar-refractivity contribution in [2.24, 2.45) is 5.92 Å². The fourth-order valence-electron chi connectivity index (χ4n) is 3.66. The summed E-state index contributed by atoms with van der Waals surface area (Å²) >= 11 is 13.3. The molecule has 1 saturated heterocycles. The smallest absolute Gasteiger partial charge is 0.322 e. The molecule has 3 amide bonds. The number of esters is 1. The zero-order valence-corrected chi connectivity index (χ0v) is 21.7. The van der Waals surface area contributed by atoms with Crippen LogP contribution in [0.25, 0.3) is 0 Å². The molecule has 0 spiro atoms. The summed E-state index contributed by atoms with van der Waals surface area (Å²) in [5.74, 6) is -0.787. The Balaban J connectivity index is 1.65.